The van der Waals surface area contributed by atoms with Crippen molar-refractivity contribution in [2.24, 2.45) is 11.6 Å². The number of hydrogen-bond acceptors (Lipinski definition) is 1. The van der Waals surface area contributed by atoms with Crippen LogP contribution in [-0.2, 0) is 0 Å². The van der Waals surface area contributed by atoms with Crippen molar-refractivity contribution in [2.45, 2.75) is 26.1 Å². The maximum Gasteiger partial charge on any atom is 0.252 e. The Morgan fingerprint density at radius 2 is 2.08 bits per heavy atom. The first-order chi connectivity index (χ1) is 6.20. The summed E-state index contributed by atoms with van der Waals surface area (Å²) in [6, 6.07) is 8.60. The van der Waals surface area contributed by atoms with Crippen molar-refractivity contribution in [3.63, 3.8) is 0 Å². The Morgan fingerprint density at radius 3 is 2.77 bits per heavy atom. The van der Waals surface area contributed by atoms with Gasteiger partial charge in [0.2, 0.25) is 0 Å². The number of benzene rings is 1. The van der Waals surface area contributed by atoms with Gasteiger partial charge >= 0.3 is 0 Å². The lowest BCUT2D eigenvalue weighted by Gasteiger charge is -2.15. The molecule has 1 aromatic rings. The van der Waals surface area contributed by atoms with Crippen molar-refractivity contribution in [2.75, 3.05) is 0 Å². The first-order valence-corrected chi connectivity index (χ1v) is 5.04. The van der Waals surface area contributed by atoms with Gasteiger partial charge in [-0.2, -0.15) is 0 Å². The lowest BCUT2D eigenvalue weighted by molar-refractivity contribution is 0.541. The lowest BCUT2D eigenvalue weighted by Crippen LogP contribution is -2.36. The van der Waals surface area contributed by atoms with Crippen molar-refractivity contribution in [3.05, 3.63) is 29.8 Å². The van der Waals surface area contributed by atoms with Crippen LogP contribution in [-0.4, -0.2) is 6.85 Å². The first kappa shape index (κ1) is 8.83. The molecule has 13 heavy (non-hydrogen) atoms. The molecule has 1 unspecified atom stereocenters. The molecule has 2 N–H and O–H groups in total. The van der Waals surface area contributed by atoms with E-state index in [-0.39, 0.29) is 6.85 Å². The van der Waals surface area contributed by atoms with Crippen molar-refractivity contribution in [3.8, 4) is 0 Å². The van der Waals surface area contributed by atoms with Gasteiger partial charge < -0.3 is 5.64 Å². The third kappa shape index (κ3) is 1.40. The molecule has 1 heterocycles. The van der Waals surface area contributed by atoms with Crippen LogP contribution in [0, 0.1) is 5.92 Å². The van der Waals surface area contributed by atoms with Gasteiger partial charge in [-0.1, -0.05) is 43.6 Å². The van der Waals surface area contributed by atoms with Crippen molar-refractivity contribution in [1.29, 1.82) is 0 Å². The molecule has 1 aromatic carbocycles. The van der Waals surface area contributed by atoms with Crippen molar-refractivity contribution in [1.82, 2.24) is 0 Å². The van der Waals surface area contributed by atoms with E-state index in [0.717, 1.165) is 6.32 Å². The van der Waals surface area contributed by atoms with Gasteiger partial charge in [-0.25, -0.2) is 0 Å². The molecule has 1 aliphatic rings. The summed E-state index contributed by atoms with van der Waals surface area (Å²) in [6.07, 6.45) is 1.12. The second kappa shape index (κ2) is 3.19. The Kier molecular flexibility index (Phi) is 2.16. The van der Waals surface area contributed by atoms with Crippen molar-refractivity contribution < 1.29 is 0 Å². The summed E-state index contributed by atoms with van der Waals surface area (Å²) in [6.45, 7) is 4.82. The standard InChI is InChI=1S/C11H16BN/c1-8(2)10-7-12(13)11-6-4-3-5-9(10)11/h3-6,8,10H,7,13H2,1-2H3. The van der Waals surface area contributed by atoms with E-state index in [9.17, 15) is 0 Å². The third-order valence-corrected chi connectivity index (χ3v) is 3.11. The van der Waals surface area contributed by atoms with Gasteiger partial charge in [0.1, 0.15) is 0 Å². The minimum Gasteiger partial charge on any atom is -0.366 e. The summed E-state index contributed by atoms with van der Waals surface area (Å²) >= 11 is 0. The monoisotopic (exact) mass is 173 g/mol. The number of hydrogen-bond donors (Lipinski definition) is 1. The minimum atomic E-state index is 0.267. The van der Waals surface area contributed by atoms with E-state index in [1.165, 1.54) is 11.0 Å². The highest BCUT2D eigenvalue weighted by Crippen LogP contribution is 2.32. The second-order valence-electron chi connectivity index (χ2n) is 4.32. The SMILES string of the molecule is CC(C)C1CB(N)c2ccccc21. The topological polar surface area (TPSA) is 26.0 Å². The fourth-order valence-corrected chi connectivity index (χ4v) is 2.35. The van der Waals surface area contributed by atoms with E-state index in [4.69, 9.17) is 5.64 Å². The van der Waals surface area contributed by atoms with Crippen LogP contribution in [0.5, 0.6) is 0 Å². The largest absolute Gasteiger partial charge is 0.366 e. The molecule has 2 rings (SSSR count). The van der Waals surface area contributed by atoms with Gasteiger partial charge in [-0.15, -0.1) is 0 Å². The molecule has 68 valence electrons. The molecule has 0 spiro atoms. The minimum absolute atomic E-state index is 0.267. The van der Waals surface area contributed by atoms with E-state index < -0.39 is 0 Å². The zero-order chi connectivity index (χ0) is 9.42. The Morgan fingerprint density at radius 1 is 1.38 bits per heavy atom. The van der Waals surface area contributed by atoms with Crippen LogP contribution in [0.3, 0.4) is 0 Å². The zero-order valence-corrected chi connectivity index (χ0v) is 8.33. The lowest BCUT2D eigenvalue weighted by atomic mass is 9.58. The van der Waals surface area contributed by atoms with E-state index in [0.29, 0.717) is 11.8 Å². The van der Waals surface area contributed by atoms with Gasteiger partial charge in [-0.3, -0.25) is 0 Å². The van der Waals surface area contributed by atoms with E-state index in [1.54, 1.807) is 0 Å². The predicted octanol–water partition coefficient (Wildman–Crippen LogP) is 1.60. The van der Waals surface area contributed by atoms with E-state index >= 15 is 0 Å². The maximum absolute atomic E-state index is 6.07. The zero-order valence-electron chi connectivity index (χ0n) is 8.33. The van der Waals surface area contributed by atoms with Crippen LogP contribution in [0.15, 0.2) is 24.3 Å². The molecule has 0 aromatic heterocycles. The molecule has 0 aliphatic carbocycles. The first-order valence-electron chi connectivity index (χ1n) is 5.04. The van der Waals surface area contributed by atoms with E-state index in [2.05, 4.69) is 38.1 Å². The van der Waals surface area contributed by atoms with Crippen LogP contribution >= 0.6 is 0 Å². The van der Waals surface area contributed by atoms with Gasteiger partial charge in [0.05, 0.1) is 0 Å². The molecule has 0 amide bonds. The quantitative estimate of drug-likeness (QED) is 0.641. The number of nitrogens with two attached hydrogens (primary N) is 1. The number of rotatable bonds is 1. The van der Waals surface area contributed by atoms with Crippen LogP contribution in [0.25, 0.3) is 0 Å². The Labute approximate surface area is 80.4 Å². The van der Waals surface area contributed by atoms with Gasteiger partial charge in [0.25, 0.3) is 6.85 Å². The van der Waals surface area contributed by atoms with Crippen molar-refractivity contribution >= 4 is 12.3 Å². The molecule has 1 atom stereocenters. The Balaban J connectivity index is 2.41. The fourth-order valence-electron chi connectivity index (χ4n) is 2.35. The summed E-state index contributed by atoms with van der Waals surface area (Å²) < 4.78 is 0. The Hall–Kier alpha value is -0.755. The molecule has 1 aliphatic heterocycles. The van der Waals surface area contributed by atoms with Gasteiger partial charge in [0, 0.05) is 0 Å². The second-order valence-corrected chi connectivity index (χ2v) is 4.32. The summed E-state index contributed by atoms with van der Waals surface area (Å²) in [5.41, 5.74) is 8.91. The van der Waals surface area contributed by atoms with E-state index in [1.807, 2.05) is 0 Å². The van der Waals surface area contributed by atoms with Gasteiger partial charge in [-0.05, 0) is 23.7 Å². The maximum atomic E-state index is 6.07. The predicted molar refractivity (Wildman–Crippen MR) is 58.4 cm³/mol. The highest BCUT2D eigenvalue weighted by molar-refractivity contribution is 6.72. The molecule has 2 heteroatoms. The molecular weight excluding hydrogens is 157 g/mol. The highest BCUT2D eigenvalue weighted by Gasteiger charge is 2.32. The fraction of sp³-hybridized carbons (Fsp3) is 0.455. The summed E-state index contributed by atoms with van der Waals surface area (Å²) in [5.74, 6) is 1.38. The molecule has 1 nitrogen and oxygen atoms in total. The Bertz CT molecular complexity index is 309. The van der Waals surface area contributed by atoms with Crippen LogP contribution in [0.4, 0.5) is 0 Å². The molecular formula is C11H16BN. The summed E-state index contributed by atoms with van der Waals surface area (Å²) in [5, 5.41) is 0. The third-order valence-electron chi connectivity index (χ3n) is 3.11. The summed E-state index contributed by atoms with van der Waals surface area (Å²) in [7, 11) is 0. The normalized spacial score (nSPS) is 20.9. The number of fused-ring (bicyclic) bond motifs is 1. The van der Waals surface area contributed by atoms with Crippen LogP contribution < -0.4 is 11.1 Å². The van der Waals surface area contributed by atoms with Gasteiger partial charge in [0.15, 0.2) is 0 Å². The smallest absolute Gasteiger partial charge is 0.252 e. The molecule has 0 saturated carbocycles. The average molecular weight is 173 g/mol. The summed E-state index contributed by atoms with van der Waals surface area (Å²) in [4.78, 5) is 0. The molecule has 0 radical (unpaired) electrons. The highest BCUT2D eigenvalue weighted by atomic mass is 14.5. The molecule has 0 fully saturated rings. The van der Waals surface area contributed by atoms with Crippen LogP contribution in [0.1, 0.15) is 25.3 Å². The molecule has 0 bridgehead atoms. The molecule has 0 saturated heterocycles. The average Bonchev–Trinajstić information content (AvgIpc) is 2.45. The van der Waals surface area contributed by atoms with Crippen LogP contribution in [0.2, 0.25) is 6.32 Å².